The van der Waals surface area contributed by atoms with Gasteiger partial charge in [-0.3, -0.25) is 4.79 Å². The molecule has 1 aliphatic heterocycles. The first-order valence-corrected chi connectivity index (χ1v) is 7.99. The second-order valence-corrected chi connectivity index (χ2v) is 6.34. The van der Waals surface area contributed by atoms with E-state index >= 15 is 0 Å². The van der Waals surface area contributed by atoms with Crippen LogP contribution in [0.3, 0.4) is 0 Å². The lowest BCUT2D eigenvalue weighted by molar-refractivity contribution is -0.128. The third kappa shape index (κ3) is 3.21. The molecule has 0 radical (unpaired) electrons. The Morgan fingerprint density at radius 1 is 1.38 bits per heavy atom. The minimum Gasteiger partial charge on any atom is -0.508 e. The zero-order chi connectivity index (χ0) is 14.8. The number of phenols is 1. The number of fused-ring (bicyclic) bond motifs is 1. The summed E-state index contributed by atoms with van der Waals surface area (Å²) in [6.45, 7) is 3.82. The van der Waals surface area contributed by atoms with E-state index in [9.17, 15) is 9.90 Å². The first-order valence-electron chi connectivity index (χ1n) is 7.99. The van der Waals surface area contributed by atoms with Gasteiger partial charge in [0.05, 0.1) is 0 Å². The van der Waals surface area contributed by atoms with E-state index in [4.69, 9.17) is 0 Å². The molecule has 3 rings (SSSR count). The molecule has 2 N–H and O–H groups in total. The van der Waals surface area contributed by atoms with Crippen molar-refractivity contribution in [1.29, 1.82) is 0 Å². The summed E-state index contributed by atoms with van der Waals surface area (Å²) in [6, 6.07) is 6.25. The molecule has 1 aliphatic carbocycles. The van der Waals surface area contributed by atoms with Gasteiger partial charge in [0, 0.05) is 31.6 Å². The number of amides is 1. The van der Waals surface area contributed by atoms with Crippen molar-refractivity contribution in [3.05, 3.63) is 29.3 Å². The summed E-state index contributed by atoms with van der Waals surface area (Å²) in [5, 5.41) is 13.4. The van der Waals surface area contributed by atoms with Crippen molar-refractivity contribution in [2.75, 3.05) is 13.1 Å². The van der Waals surface area contributed by atoms with E-state index in [0.29, 0.717) is 12.2 Å². The molecule has 0 bridgehead atoms. The molecule has 1 heterocycles. The highest BCUT2D eigenvalue weighted by Gasteiger charge is 2.25. The van der Waals surface area contributed by atoms with Gasteiger partial charge in [0.1, 0.15) is 5.75 Å². The zero-order valence-electron chi connectivity index (χ0n) is 12.6. The highest BCUT2D eigenvalue weighted by Crippen LogP contribution is 2.32. The van der Waals surface area contributed by atoms with Gasteiger partial charge in [0.2, 0.25) is 5.91 Å². The van der Waals surface area contributed by atoms with Crippen molar-refractivity contribution in [1.82, 2.24) is 10.2 Å². The Morgan fingerprint density at radius 3 is 3.00 bits per heavy atom. The molecule has 1 amide bonds. The fourth-order valence-electron chi connectivity index (χ4n) is 3.58. The van der Waals surface area contributed by atoms with Crippen LogP contribution in [0.5, 0.6) is 5.75 Å². The molecule has 114 valence electrons. The van der Waals surface area contributed by atoms with Gasteiger partial charge in [-0.05, 0) is 55.9 Å². The molecular formula is C17H24N2O2. The maximum Gasteiger partial charge on any atom is 0.222 e. The number of phenolic OH excluding ortho intramolecular Hbond substituents is 1. The Balaban J connectivity index is 1.65. The number of likely N-dealkylation sites (tertiary alicyclic amines) is 1. The number of hydrogen-bond acceptors (Lipinski definition) is 3. The normalized spacial score (nSPS) is 23.2. The van der Waals surface area contributed by atoms with Crippen molar-refractivity contribution >= 4 is 5.91 Å². The fraction of sp³-hybridized carbons (Fsp3) is 0.588. The van der Waals surface area contributed by atoms with Crippen LogP contribution in [0.1, 0.15) is 49.8 Å². The zero-order valence-corrected chi connectivity index (χ0v) is 12.6. The summed E-state index contributed by atoms with van der Waals surface area (Å²) in [5.41, 5.74) is 2.56. The lowest BCUT2D eigenvalue weighted by atomic mass is 9.87. The number of carbonyl (C=O) groups is 1. The highest BCUT2D eigenvalue weighted by molar-refractivity contribution is 5.78. The minimum absolute atomic E-state index is 0.269. The van der Waals surface area contributed by atoms with E-state index in [2.05, 4.69) is 12.2 Å². The van der Waals surface area contributed by atoms with Gasteiger partial charge in [-0.15, -0.1) is 0 Å². The second kappa shape index (κ2) is 6.06. The van der Waals surface area contributed by atoms with Crippen LogP contribution in [0.4, 0.5) is 0 Å². The van der Waals surface area contributed by atoms with Gasteiger partial charge in [-0.25, -0.2) is 0 Å². The van der Waals surface area contributed by atoms with Crippen molar-refractivity contribution in [2.45, 2.75) is 51.1 Å². The molecule has 2 aliphatic rings. The van der Waals surface area contributed by atoms with Crippen molar-refractivity contribution in [3.8, 4) is 5.75 Å². The van der Waals surface area contributed by atoms with Crippen LogP contribution in [0.25, 0.3) is 0 Å². The second-order valence-electron chi connectivity index (χ2n) is 6.34. The molecule has 0 saturated carbocycles. The van der Waals surface area contributed by atoms with E-state index < -0.39 is 0 Å². The van der Waals surface area contributed by atoms with Gasteiger partial charge in [0.15, 0.2) is 0 Å². The van der Waals surface area contributed by atoms with Gasteiger partial charge in [-0.1, -0.05) is 6.07 Å². The lowest BCUT2D eigenvalue weighted by Gasteiger charge is -2.31. The molecule has 4 nitrogen and oxygen atoms in total. The summed E-state index contributed by atoms with van der Waals surface area (Å²) in [5.74, 6) is 0.621. The van der Waals surface area contributed by atoms with Crippen LogP contribution in [0, 0.1) is 0 Å². The monoisotopic (exact) mass is 288 g/mol. The van der Waals surface area contributed by atoms with Crippen molar-refractivity contribution < 1.29 is 9.90 Å². The Morgan fingerprint density at radius 2 is 2.24 bits per heavy atom. The number of nitrogens with zero attached hydrogens (tertiary/aromatic N) is 1. The number of aryl methyl sites for hydroxylation is 1. The van der Waals surface area contributed by atoms with Gasteiger partial charge >= 0.3 is 0 Å². The predicted octanol–water partition coefficient (Wildman–Crippen LogP) is 2.37. The molecule has 21 heavy (non-hydrogen) atoms. The summed E-state index contributed by atoms with van der Waals surface area (Å²) in [4.78, 5) is 13.7. The standard InChI is InChI=1S/C17H24N2O2/c1-12(11-19-9-3-6-17(19)21)18-16-5-2-4-13-7-8-14(20)10-15(13)16/h7-8,10,12,16,18,20H,2-6,9,11H2,1H3. The molecule has 1 aromatic rings. The summed E-state index contributed by atoms with van der Waals surface area (Å²) < 4.78 is 0. The summed E-state index contributed by atoms with van der Waals surface area (Å²) in [6.07, 6.45) is 5.05. The molecule has 1 saturated heterocycles. The van der Waals surface area contributed by atoms with Crippen LogP contribution in [-0.4, -0.2) is 35.0 Å². The number of carbonyl (C=O) groups excluding carboxylic acids is 1. The van der Waals surface area contributed by atoms with E-state index in [1.165, 1.54) is 17.5 Å². The smallest absolute Gasteiger partial charge is 0.222 e. The number of aromatic hydroxyl groups is 1. The molecule has 2 unspecified atom stereocenters. The fourth-order valence-corrected chi connectivity index (χ4v) is 3.58. The molecule has 0 aromatic heterocycles. The quantitative estimate of drug-likeness (QED) is 0.894. The molecule has 0 spiro atoms. The molecule has 4 heteroatoms. The first kappa shape index (κ1) is 14.4. The number of rotatable bonds is 4. The molecule has 1 aromatic carbocycles. The predicted molar refractivity (Wildman–Crippen MR) is 82.2 cm³/mol. The van der Waals surface area contributed by atoms with Crippen molar-refractivity contribution in [3.63, 3.8) is 0 Å². The average Bonchev–Trinajstić information content (AvgIpc) is 2.85. The SMILES string of the molecule is CC(CN1CCCC1=O)NC1CCCc2ccc(O)cc21. The largest absolute Gasteiger partial charge is 0.508 e. The van der Waals surface area contributed by atoms with E-state index in [-0.39, 0.29) is 18.0 Å². The van der Waals surface area contributed by atoms with E-state index in [0.717, 1.165) is 32.4 Å². The average molecular weight is 288 g/mol. The molecular weight excluding hydrogens is 264 g/mol. The third-order valence-corrected chi connectivity index (χ3v) is 4.60. The number of hydrogen-bond donors (Lipinski definition) is 2. The van der Waals surface area contributed by atoms with Crippen molar-refractivity contribution in [2.24, 2.45) is 0 Å². The van der Waals surface area contributed by atoms with Crippen LogP contribution in [0.2, 0.25) is 0 Å². The van der Waals surface area contributed by atoms with Crippen LogP contribution >= 0.6 is 0 Å². The van der Waals surface area contributed by atoms with E-state index in [1.807, 2.05) is 17.0 Å². The Labute approximate surface area is 126 Å². The Kier molecular flexibility index (Phi) is 4.15. The van der Waals surface area contributed by atoms with Gasteiger partial charge < -0.3 is 15.3 Å². The first-order chi connectivity index (χ1) is 10.1. The van der Waals surface area contributed by atoms with Crippen LogP contribution in [0.15, 0.2) is 18.2 Å². The van der Waals surface area contributed by atoms with Gasteiger partial charge in [-0.2, -0.15) is 0 Å². The number of benzene rings is 1. The van der Waals surface area contributed by atoms with E-state index in [1.54, 1.807) is 6.07 Å². The molecule has 2 atom stereocenters. The Bertz CT molecular complexity index is 530. The van der Waals surface area contributed by atoms with Gasteiger partial charge in [0.25, 0.3) is 0 Å². The number of nitrogens with one attached hydrogen (secondary N) is 1. The molecule has 1 fully saturated rings. The summed E-state index contributed by atoms with van der Waals surface area (Å²) >= 11 is 0. The maximum absolute atomic E-state index is 11.7. The summed E-state index contributed by atoms with van der Waals surface area (Å²) in [7, 11) is 0. The Hall–Kier alpha value is -1.55. The topological polar surface area (TPSA) is 52.6 Å². The highest BCUT2D eigenvalue weighted by atomic mass is 16.3. The lowest BCUT2D eigenvalue weighted by Crippen LogP contribution is -2.42. The third-order valence-electron chi connectivity index (χ3n) is 4.60. The van der Waals surface area contributed by atoms with Crippen LogP contribution in [-0.2, 0) is 11.2 Å². The maximum atomic E-state index is 11.7. The minimum atomic E-state index is 0.269. The van der Waals surface area contributed by atoms with Crippen LogP contribution < -0.4 is 5.32 Å².